The molecule has 0 saturated carbocycles. The quantitative estimate of drug-likeness (QED) is 0.822. The molecule has 0 bridgehead atoms. The van der Waals surface area contributed by atoms with Crippen molar-refractivity contribution in [1.82, 2.24) is 10.2 Å². The molecule has 1 N–H and O–H groups in total. The number of rotatable bonds is 4. The van der Waals surface area contributed by atoms with Gasteiger partial charge in [-0.3, -0.25) is 19.7 Å². The number of hydrogen-bond donors (Lipinski definition) is 1. The van der Waals surface area contributed by atoms with E-state index in [4.69, 9.17) is 16.3 Å². The molecule has 7 heteroatoms. The Labute approximate surface area is 161 Å². The molecule has 2 aliphatic heterocycles. The van der Waals surface area contributed by atoms with Gasteiger partial charge in [0, 0.05) is 28.1 Å². The Morgan fingerprint density at radius 1 is 1.11 bits per heavy atom. The minimum Gasteiger partial charge on any atom is -0.488 e. The first-order valence-electron chi connectivity index (χ1n) is 8.67. The molecule has 0 aliphatic carbocycles. The SMILES string of the molecule is O=C1CCC(N2Cc3c(OCc4ccccc4Cl)cccc3C2=O)C(=O)N1. The maximum Gasteiger partial charge on any atom is 0.255 e. The standard InChI is InChI=1S/C20H17ClN2O4/c21-15-6-2-1-4-12(15)11-27-17-7-3-5-13-14(17)10-23(20(13)26)16-8-9-18(24)22-19(16)25/h1-7,16H,8-11H2,(H,22,24,25). The number of nitrogens with one attached hydrogen (secondary N) is 1. The summed E-state index contributed by atoms with van der Waals surface area (Å²) in [6.07, 6.45) is 0.562. The third-order valence-electron chi connectivity index (χ3n) is 4.88. The number of imide groups is 1. The van der Waals surface area contributed by atoms with E-state index < -0.39 is 11.9 Å². The molecular formula is C20H17ClN2O4. The summed E-state index contributed by atoms with van der Waals surface area (Å²) in [5.74, 6) is -0.353. The van der Waals surface area contributed by atoms with Crippen LogP contribution in [-0.4, -0.2) is 28.7 Å². The highest BCUT2D eigenvalue weighted by Gasteiger charge is 2.40. The van der Waals surface area contributed by atoms with Crippen molar-refractivity contribution in [2.45, 2.75) is 32.0 Å². The van der Waals surface area contributed by atoms with Gasteiger partial charge in [-0.2, -0.15) is 0 Å². The predicted molar refractivity (Wildman–Crippen MR) is 98.3 cm³/mol. The van der Waals surface area contributed by atoms with Crippen molar-refractivity contribution in [3.05, 3.63) is 64.2 Å². The summed E-state index contributed by atoms with van der Waals surface area (Å²) in [4.78, 5) is 37.8. The second kappa shape index (κ2) is 7.04. The monoisotopic (exact) mass is 384 g/mol. The summed E-state index contributed by atoms with van der Waals surface area (Å²) in [6.45, 7) is 0.557. The van der Waals surface area contributed by atoms with Crippen LogP contribution >= 0.6 is 11.6 Å². The fourth-order valence-corrected chi connectivity index (χ4v) is 3.65. The molecule has 1 atom stereocenters. The zero-order valence-electron chi connectivity index (χ0n) is 14.4. The van der Waals surface area contributed by atoms with Crippen molar-refractivity contribution >= 4 is 29.3 Å². The van der Waals surface area contributed by atoms with E-state index in [1.54, 1.807) is 24.3 Å². The zero-order valence-corrected chi connectivity index (χ0v) is 15.2. The van der Waals surface area contributed by atoms with Crippen LogP contribution in [0, 0.1) is 0 Å². The fourth-order valence-electron chi connectivity index (χ4n) is 3.46. The lowest BCUT2D eigenvalue weighted by Gasteiger charge is -2.29. The average molecular weight is 385 g/mol. The van der Waals surface area contributed by atoms with Crippen molar-refractivity contribution in [1.29, 1.82) is 0 Å². The summed E-state index contributed by atoms with van der Waals surface area (Å²) in [6, 6.07) is 12.1. The topological polar surface area (TPSA) is 75.7 Å². The molecule has 0 spiro atoms. The number of carbonyl (C=O) groups is 3. The Bertz CT molecular complexity index is 943. The molecule has 4 rings (SSSR count). The fraction of sp³-hybridized carbons (Fsp3) is 0.250. The van der Waals surface area contributed by atoms with Crippen LogP contribution in [0.4, 0.5) is 0 Å². The normalized spacial score (nSPS) is 19.1. The molecule has 2 aromatic carbocycles. The van der Waals surface area contributed by atoms with E-state index in [0.29, 0.717) is 22.8 Å². The van der Waals surface area contributed by atoms with Gasteiger partial charge in [0.2, 0.25) is 11.8 Å². The lowest BCUT2D eigenvalue weighted by molar-refractivity contribution is -0.136. The third kappa shape index (κ3) is 3.28. The lowest BCUT2D eigenvalue weighted by Crippen LogP contribution is -2.52. The van der Waals surface area contributed by atoms with Gasteiger partial charge in [-0.25, -0.2) is 0 Å². The van der Waals surface area contributed by atoms with Crippen LogP contribution < -0.4 is 10.1 Å². The Morgan fingerprint density at radius 2 is 1.93 bits per heavy atom. The highest BCUT2D eigenvalue weighted by Crippen LogP contribution is 2.34. The molecule has 1 unspecified atom stereocenters. The van der Waals surface area contributed by atoms with Gasteiger partial charge in [-0.15, -0.1) is 0 Å². The van der Waals surface area contributed by atoms with Crippen molar-refractivity contribution in [3.8, 4) is 5.75 Å². The highest BCUT2D eigenvalue weighted by molar-refractivity contribution is 6.31. The minimum absolute atomic E-state index is 0.220. The smallest absolute Gasteiger partial charge is 0.255 e. The largest absolute Gasteiger partial charge is 0.488 e. The van der Waals surface area contributed by atoms with Crippen molar-refractivity contribution < 1.29 is 19.1 Å². The van der Waals surface area contributed by atoms with Crippen molar-refractivity contribution in [3.63, 3.8) is 0 Å². The number of fused-ring (bicyclic) bond motifs is 1. The summed E-state index contributed by atoms with van der Waals surface area (Å²) < 4.78 is 5.93. The Hall–Kier alpha value is -2.86. The average Bonchev–Trinajstić information content (AvgIpc) is 2.98. The van der Waals surface area contributed by atoms with Gasteiger partial charge in [0.05, 0.1) is 6.54 Å². The number of halogens is 1. The first kappa shape index (κ1) is 17.5. The van der Waals surface area contributed by atoms with E-state index in [9.17, 15) is 14.4 Å². The highest BCUT2D eigenvalue weighted by atomic mass is 35.5. The number of carbonyl (C=O) groups excluding carboxylic acids is 3. The molecule has 2 aliphatic rings. The second-order valence-corrected chi connectivity index (χ2v) is 6.97. The van der Waals surface area contributed by atoms with Gasteiger partial charge in [-0.1, -0.05) is 35.9 Å². The first-order valence-corrected chi connectivity index (χ1v) is 9.05. The molecule has 2 heterocycles. The number of amides is 3. The molecule has 0 radical (unpaired) electrons. The van der Waals surface area contributed by atoms with E-state index in [0.717, 1.165) is 11.1 Å². The van der Waals surface area contributed by atoms with Crippen LogP contribution in [0.5, 0.6) is 5.75 Å². The van der Waals surface area contributed by atoms with E-state index in [1.165, 1.54) is 4.90 Å². The van der Waals surface area contributed by atoms with Crippen molar-refractivity contribution in [2.75, 3.05) is 0 Å². The van der Waals surface area contributed by atoms with Gasteiger partial charge < -0.3 is 9.64 Å². The maximum absolute atomic E-state index is 12.8. The van der Waals surface area contributed by atoms with Gasteiger partial charge in [0.15, 0.2) is 0 Å². The first-order chi connectivity index (χ1) is 13.0. The lowest BCUT2D eigenvalue weighted by atomic mass is 10.0. The molecular weight excluding hydrogens is 368 g/mol. The van der Waals surface area contributed by atoms with Crippen molar-refractivity contribution in [2.24, 2.45) is 0 Å². The molecule has 3 amide bonds. The summed E-state index contributed by atoms with van der Waals surface area (Å²) in [5.41, 5.74) is 2.12. The van der Waals surface area contributed by atoms with Crippen LogP contribution in [0.15, 0.2) is 42.5 Å². The molecule has 27 heavy (non-hydrogen) atoms. The van der Waals surface area contributed by atoms with Gasteiger partial charge >= 0.3 is 0 Å². The van der Waals surface area contributed by atoms with Crippen LogP contribution in [-0.2, 0) is 22.7 Å². The third-order valence-corrected chi connectivity index (χ3v) is 5.25. The number of benzene rings is 2. The number of ether oxygens (including phenoxy) is 1. The second-order valence-electron chi connectivity index (χ2n) is 6.56. The van der Waals surface area contributed by atoms with Gasteiger partial charge in [0.25, 0.3) is 5.91 Å². The van der Waals surface area contributed by atoms with E-state index >= 15 is 0 Å². The molecule has 2 aromatic rings. The van der Waals surface area contributed by atoms with Gasteiger partial charge in [0.1, 0.15) is 18.4 Å². The van der Waals surface area contributed by atoms with E-state index in [1.807, 2.05) is 18.2 Å². The van der Waals surface area contributed by atoms with Gasteiger partial charge in [-0.05, 0) is 24.6 Å². The summed E-state index contributed by atoms with van der Waals surface area (Å²) >= 11 is 6.17. The maximum atomic E-state index is 12.8. The molecule has 0 aromatic heterocycles. The van der Waals surface area contributed by atoms with Crippen LogP contribution in [0.2, 0.25) is 5.02 Å². The summed E-state index contributed by atoms with van der Waals surface area (Å²) in [5, 5.41) is 2.92. The number of nitrogens with zero attached hydrogens (tertiary/aromatic N) is 1. The van der Waals surface area contributed by atoms with E-state index in [-0.39, 0.29) is 31.4 Å². The Kier molecular flexibility index (Phi) is 4.58. The number of piperidine rings is 1. The molecule has 138 valence electrons. The Balaban J connectivity index is 1.55. The number of hydrogen-bond acceptors (Lipinski definition) is 4. The minimum atomic E-state index is -0.640. The molecule has 6 nitrogen and oxygen atoms in total. The van der Waals surface area contributed by atoms with Crippen LogP contribution in [0.1, 0.15) is 34.3 Å². The zero-order chi connectivity index (χ0) is 19.0. The van der Waals surface area contributed by atoms with E-state index in [2.05, 4.69) is 5.32 Å². The van der Waals surface area contributed by atoms with Crippen LogP contribution in [0.25, 0.3) is 0 Å². The molecule has 1 fully saturated rings. The summed E-state index contributed by atoms with van der Waals surface area (Å²) in [7, 11) is 0. The van der Waals surface area contributed by atoms with Crippen LogP contribution in [0.3, 0.4) is 0 Å². The predicted octanol–water partition coefficient (Wildman–Crippen LogP) is 2.68. The Morgan fingerprint density at radius 3 is 2.70 bits per heavy atom. The molecule has 1 saturated heterocycles.